The Morgan fingerprint density at radius 1 is 1.17 bits per heavy atom. The van der Waals surface area contributed by atoms with Crippen LogP contribution >= 0.6 is 0 Å². The van der Waals surface area contributed by atoms with Gasteiger partial charge in [-0.3, -0.25) is 4.79 Å². The van der Waals surface area contributed by atoms with E-state index >= 15 is 0 Å². The van der Waals surface area contributed by atoms with Crippen LogP contribution in [0.5, 0.6) is 0 Å². The molecular formula is C16H20N2O5S. The third-order valence-corrected chi connectivity index (χ3v) is 4.66. The predicted octanol–water partition coefficient (Wildman–Crippen LogP) is 2.37. The van der Waals surface area contributed by atoms with Crippen LogP contribution in [0.1, 0.15) is 30.2 Å². The summed E-state index contributed by atoms with van der Waals surface area (Å²) in [4.78, 5) is 12.2. The summed E-state index contributed by atoms with van der Waals surface area (Å²) in [7, 11) is -2.02. The summed E-state index contributed by atoms with van der Waals surface area (Å²) < 4.78 is 36.8. The van der Waals surface area contributed by atoms with E-state index in [1.54, 1.807) is 26.0 Å². The average molecular weight is 352 g/mol. The van der Waals surface area contributed by atoms with Crippen molar-refractivity contribution in [3.63, 3.8) is 0 Å². The summed E-state index contributed by atoms with van der Waals surface area (Å²) in [5.74, 6) is 0.275. The standard InChI is InChI=1S/C16H20N2O5S/c1-11(2)18-24(20,21)14-7-4-12(5-8-14)17-16(19)15-9-6-13(23-15)10-22-3/h4-9,11,18H,10H2,1-3H3,(H,17,19). The molecule has 1 aromatic heterocycles. The van der Waals surface area contributed by atoms with Crippen LogP contribution in [0.25, 0.3) is 0 Å². The van der Waals surface area contributed by atoms with E-state index in [-0.39, 0.29) is 23.3 Å². The van der Waals surface area contributed by atoms with Crippen molar-refractivity contribution in [3.05, 3.63) is 47.9 Å². The molecule has 0 bridgehead atoms. The maximum Gasteiger partial charge on any atom is 0.291 e. The molecule has 0 unspecified atom stereocenters. The number of sulfonamides is 1. The van der Waals surface area contributed by atoms with Gasteiger partial charge in [0.25, 0.3) is 5.91 Å². The number of benzene rings is 1. The third-order valence-electron chi connectivity index (χ3n) is 2.99. The van der Waals surface area contributed by atoms with E-state index in [2.05, 4.69) is 10.0 Å². The van der Waals surface area contributed by atoms with Crippen molar-refractivity contribution in [1.29, 1.82) is 0 Å². The van der Waals surface area contributed by atoms with Gasteiger partial charge in [-0.15, -0.1) is 0 Å². The predicted molar refractivity (Wildman–Crippen MR) is 89.3 cm³/mol. The summed E-state index contributed by atoms with van der Waals surface area (Å²) in [5, 5.41) is 2.64. The van der Waals surface area contributed by atoms with Crippen molar-refractivity contribution < 1.29 is 22.4 Å². The lowest BCUT2D eigenvalue weighted by atomic mass is 10.3. The van der Waals surface area contributed by atoms with Gasteiger partial charge >= 0.3 is 0 Å². The zero-order valence-electron chi connectivity index (χ0n) is 13.7. The molecule has 0 saturated carbocycles. The number of amides is 1. The quantitative estimate of drug-likeness (QED) is 0.797. The number of hydrogen-bond acceptors (Lipinski definition) is 5. The lowest BCUT2D eigenvalue weighted by molar-refractivity contribution is 0.0987. The van der Waals surface area contributed by atoms with E-state index in [9.17, 15) is 13.2 Å². The molecule has 0 aliphatic carbocycles. The van der Waals surface area contributed by atoms with Crippen molar-refractivity contribution in [2.45, 2.75) is 31.4 Å². The van der Waals surface area contributed by atoms with E-state index in [1.165, 1.54) is 31.4 Å². The highest BCUT2D eigenvalue weighted by Crippen LogP contribution is 2.16. The van der Waals surface area contributed by atoms with E-state index < -0.39 is 15.9 Å². The van der Waals surface area contributed by atoms with E-state index in [0.29, 0.717) is 11.4 Å². The summed E-state index contributed by atoms with van der Waals surface area (Å²) in [6.07, 6.45) is 0. The minimum atomic E-state index is -3.56. The fraction of sp³-hybridized carbons (Fsp3) is 0.312. The maximum absolute atomic E-state index is 12.1. The largest absolute Gasteiger partial charge is 0.453 e. The van der Waals surface area contributed by atoms with Crippen molar-refractivity contribution in [1.82, 2.24) is 4.72 Å². The van der Waals surface area contributed by atoms with Gasteiger partial charge in [-0.05, 0) is 50.2 Å². The Balaban J connectivity index is 2.06. The van der Waals surface area contributed by atoms with Gasteiger partial charge in [-0.2, -0.15) is 0 Å². The number of ether oxygens (including phenoxy) is 1. The Kier molecular flexibility index (Phi) is 5.76. The minimum absolute atomic E-state index is 0.134. The molecule has 0 atom stereocenters. The van der Waals surface area contributed by atoms with Gasteiger partial charge in [-0.25, -0.2) is 13.1 Å². The van der Waals surface area contributed by atoms with Crippen LogP contribution in [0.4, 0.5) is 5.69 Å². The highest BCUT2D eigenvalue weighted by atomic mass is 32.2. The van der Waals surface area contributed by atoms with Gasteiger partial charge in [-0.1, -0.05) is 0 Å². The summed E-state index contributed by atoms with van der Waals surface area (Å²) >= 11 is 0. The monoisotopic (exact) mass is 352 g/mol. The molecule has 1 heterocycles. The van der Waals surface area contributed by atoms with Gasteiger partial charge in [0.1, 0.15) is 12.4 Å². The number of furan rings is 1. The number of carbonyl (C=O) groups excluding carboxylic acids is 1. The molecule has 1 amide bonds. The zero-order chi connectivity index (χ0) is 17.7. The first-order chi connectivity index (χ1) is 11.3. The molecule has 0 saturated heterocycles. The molecular weight excluding hydrogens is 332 g/mol. The lowest BCUT2D eigenvalue weighted by Crippen LogP contribution is -2.30. The van der Waals surface area contributed by atoms with Crippen molar-refractivity contribution in [3.8, 4) is 0 Å². The van der Waals surface area contributed by atoms with Crippen molar-refractivity contribution in [2.24, 2.45) is 0 Å². The molecule has 2 rings (SSSR count). The van der Waals surface area contributed by atoms with Crippen LogP contribution < -0.4 is 10.0 Å². The second-order valence-electron chi connectivity index (χ2n) is 5.45. The van der Waals surface area contributed by atoms with Crippen LogP contribution in [0.3, 0.4) is 0 Å². The number of hydrogen-bond donors (Lipinski definition) is 2. The third kappa shape index (κ3) is 4.67. The number of nitrogens with one attached hydrogen (secondary N) is 2. The van der Waals surface area contributed by atoms with Gasteiger partial charge < -0.3 is 14.5 Å². The maximum atomic E-state index is 12.1. The number of anilines is 1. The van der Waals surface area contributed by atoms with E-state index in [0.717, 1.165) is 0 Å². The SMILES string of the molecule is COCc1ccc(C(=O)Nc2ccc(S(=O)(=O)NC(C)C)cc2)o1. The second kappa shape index (κ2) is 7.61. The first-order valence-corrected chi connectivity index (χ1v) is 8.81. The summed E-state index contributed by atoms with van der Waals surface area (Å²) in [5.41, 5.74) is 0.466. The zero-order valence-corrected chi connectivity index (χ0v) is 14.5. The molecule has 8 heteroatoms. The van der Waals surface area contributed by atoms with Gasteiger partial charge in [0, 0.05) is 18.8 Å². The molecule has 7 nitrogen and oxygen atoms in total. The van der Waals surface area contributed by atoms with Gasteiger partial charge in [0.15, 0.2) is 5.76 Å². The number of rotatable bonds is 7. The Morgan fingerprint density at radius 2 is 1.83 bits per heavy atom. The second-order valence-corrected chi connectivity index (χ2v) is 7.17. The van der Waals surface area contributed by atoms with Crippen molar-refractivity contribution >= 4 is 21.6 Å². The highest BCUT2D eigenvalue weighted by Gasteiger charge is 2.16. The fourth-order valence-corrected chi connectivity index (χ4v) is 3.26. The smallest absolute Gasteiger partial charge is 0.291 e. The normalized spacial score (nSPS) is 11.7. The molecule has 2 N–H and O–H groups in total. The van der Waals surface area contributed by atoms with E-state index in [4.69, 9.17) is 9.15 Å². The molecule has 0 fully saturated rings. The highest BCUT2D eigenvalue weighted by molar-refractivity contribution is 7.89. The Morgan fingerprint density at radius 3 is 2.42 bits per heavy atom. The number of methoxy groups -OCH3 is 1. The van der Waals surface area contributed by atoms with Crippen LogP contribution in [-0.4, -0.2) is 27.5 Å². The lowest BCUT2D eigenvalue weighted by Gasteiger charge is -2.10. The van der Waals surface area contributed by atoms with Crippen LogP contribution in [0, 0.1) is 0 Å². The Bertz CT molecular complexity index is 794. The first-order valence-electron chi connectivity index (χ1n) is 7.33. The van der Waals surface area contributed by atoms with Crippen LogP contribution in [-0.2, 0) is 21.4 Å². The molecule has 0 spiro atoms. The van der Waals surface area contributed by atoms with Crippen LogP contribution in [0.15, 0.2) is 45.7 Å². The molecule has 2 aromatic rings. The first kappa shape index (κ1) is 18.2. The van der Waals surface area contributed by atoms with Gasteiger partial charge in [0.05, 0.1) is 4.90 Å². The molecule has 24 heavy (non-hydrogen) atoms. The van der Waals surface area contributed by atoms with Gasteiger partial charge in [0.2, 0.25) is 10.0 Å². The molecule has 0 aliphatic rings. The molecule has 0 radical (unpaired) electrons. The summed E-state index contributed by atoms with van der Waals surface area (Å²) in [6.45, 7) is 3.77. The number of carbonyl (C=O) groups is 1. The van der Waals surface area contributed by atoms with E-state index in [1.807, 2.05) is 0 Å². The average Bonchev–Trinajstić information content (AvgIpc) is 2.96. The molecule has 1 aromatic carbocycles. The molecule has 130 valence electrons. The Hall–Kier alpha value is -2.16. The minimum Gasteiger partial charge on any atom is -0.453 e. The Labute approximate surface area is 141 Å². The topological polar surface area (TPSA) is 97.6 Å². The van der Waals surface area contributed by atoms with Crippen LogP contribution in [0.2, 0.25) is 0 Å². The van der Waals surface area contributed by atoms with Crippen molar-refractivity contribution in [2.75, 3.05) is 12.4 Å². The summed E-state index contributed by atoms with van der Waals surface area (Å²) in [6, 6.07) is 8.91. The fourth-order valence-electron chi connectivity index (χ4n) is 2.01. The molecule has 0 aliphatic heterocycles.